The Morgan fingerprint density at radius 3 is 2.59 bits per heavy atom. The minimum absolute atomic E-state index is 0.342. The molecule has 0 radical (unpaired) electrons. The molecule has 1 heterocycles. The van der Waals surface area contributed by atoms with Crippen LogP contribution < -0.4 is 9.47 Å². The molecule has 0 bridgehead atoms. The highest BCUT2D eigenvalue weighted by Crippen LogP contribution is 2.42. The standard InChI is InChI=1S/C21H24ClNO4/c1-26-14-10-11-19(27-2)16(13-14)20(15-7-3-4-8-17(15)22)23-12-6-5-9-18(23)21(24)25/h3-4,7-8,10-11,13,18,20H,5-6,9,12H2,1-2H3,(H,24,25). The molecule has 2 unspecified atom stereocenters. The van der Waals surface area contributed by atoms with Crippen molar-refractivity contribution in [2.45, 2.75) is 31.3 Å². The molecule has 1 aliphatic rings. The SMILES string of the molecule is COc1ccc(OC)c(C(c2ccccc2Cl)N2CCCCC2C(=O)O)c1. The van der Waals surface area contributed by atoms with Gasteiger partial charge in [-0.2, -0.15) is 0 Å². The fourth-order valence-corrected chi connectivity index (χ4v) is 4.04. The van der Waals surface area contributed by atoms with E-state index in [4.69, 9.17) is 21.1 Å². The van der Waals surface area contributed by atoms with E-state index in [0.29, 0.717) is 29.5 Å². The number of aliphatic carboxylic acids is 1. The zero-order chi connectivity index (χ0) is 19.4. The Labute approximate surface area is 164 Å². The summed E-state index contributed by atoms with van der Waals surface area (Å²) in [5.74, 6) is 0.552. The molecule has 1 saturated heterocycles. The van der Waals surface area contributed by atoms with Gasteiger partial charge in [0.25, 0.3) is 0 Å². The predicted octanol–water partition coefficient (Wildman–Crippen LogP) is 4.39. The first-order valence-corrected chi connectivity index (χ1v) is 9.39. The summed E-state index contributed by atoms with van der Waals surface area (Å²) in [6.45, 7) is 0.674. The van der Waals surface area contributed by atoms with Crippen LogP contribution in [-0.4, -0.2) is 42.8 Å². The number of ether oxygens (including phenoxy) is 2. The largest absolute Gasteiger partial charge is 0.497 e. The highest BCUT2D eigenvalue weighted by Gasteiger charge is 2.37. The van der Waals surface area contributed by atoms with E-state index in [2.05, 4.69) is 0 Å². The molecule has 0 aliphatic carbocycles. The van der Waals surface area contributed by atoms with Crippen LogP contribution in [0, 0.1) is 0 Å². The molecular formula is C21H24ClNO4. The molecule has 6 heteroatoms. The Morgan fingerprint density at radius 1 is 1.15 bits per heavy atom. The van der Waals surface area contributed by atoms with Crippen LogP contribution in [0.3, 0.4) is 0 Å². The number of carboxylic acids is 1. The Balaban J connectivity index is 2.20. The van der Waals surface area contributed by atoms with Gasteiger partial charge in [0.05, 0.1) is 20.3 Å². The number of nitrogens with zero attached hydrogens (tertiary/aromatic N) is 1. The van der Waals surface area contributed by atoms with Gasteiger partial charge in [-0.05, 0) is 49.2 Å². The minimum Gasteiger partial charge on any atom is -0.497 e. The molecule has 2 aromatic rings. The van der Waals surface area contributed by atoms with Crippen LogP contribution in [0.2, 0.25) is 5.02 Å². The van der Waals surface area contributed by atoms with Crippen molar-refractivity contribution >= 4 is 17.6 Å². The van der Waals surface area contributed by atoms with Crippen molar-refractivity contribution in [3.63, 3.8) is 0 Å². The molecule has 2 atom stereocenters. The maximum Gasteiger partial charge on any atom is 0.320 e. The number of hydrogen-bond donors (Lipinski definition) is 1. The first kappa shape index (κ1) is 19.5. The second-order valence-corrected chi connectivity index (χ2v) is 7.03. The number of benzene rings is 2. The fourth-order valence-electron chi connectivity index (χ4n) is 3.80. The van der Waals surface area contributed by atoms with Crippen molar-refractivity contribution in [1.82, 2.24) is 4.90 Å². The van der Waals surface area contributed by atoms with Gasteiger partial charge in [0.15, 0.2) is 0 Å². The van der Waals surface area contributed by atoms with Crippen molar-refractivity contribution in [1.29, 1.82) is 0 Å². The van der Waals surface area contributed by atoms with Crippen molar-refractivity contribution in [2.24, 2.45) is 0 Å². The quantitative estimate of drug-likeness (QED) is 0.794. The van der Waals surface area contributed by atoms with Crippen molar-refractivity contribution in [3.8, 4) is 11.5 Å². The number of hydrogen-bond acceptors (Lipinski definition) is 4. The zero-order valence-electron chi connectivity index (χ0n) is 15.5. The second-order valence-electron chi connectivity index (χ2n) is 6.62. The van der Waals surface area contributed by atoms with E-state index in [0.717, 1.165) is 24.0 Å². The molecule has 27 heavy (non-hydrogen) atoms. The lowest BCUT2D eigenvalue weighted by atomic mass is 9.91. The van der Waals surface area contributed by atoms with Gasteiger partial charge in [-0.25, -0.2) is 0 Å². The molecule has 0 spiro atoms. The summed E-state index contributed by atoms with van der Waals surface area (Å²) in [6.07, 6.45) is 2.46. The van der Waals surface area contributed by atoms with Crippen molar-refractivity contribution in [3.05, 3.63) is 58.6 Å². The molecule has 144 valence electrons. The molecule has 2 aromatic carbocycles. The molecule has 1 aliphatic heterocycles. The summed E-state index contributed by atoms with van der Waals surface area (Å²) < 4.78 is 11.0. The first-order chi connectivity index (χ1) is 13.1. The smallest absolute Gasteiger partial charge is 0.320 e. The van der Waals surface area contributed by atoms with Crippen LogP contribution in [0.25, 0.3) is 0 Å². The summed E-state index contributed by atoms with van der Waals surface area (Å²) in [5.41, 5.74) is 1.71. The Morgan fingerprint density at radius 2 is 1.93 bits per heavy atom. The lowest BCUT2D eigenvalue weighted by Gasteiger charge is -2.40. The van der Waals surface area contributed by atoms with Crippen LogP contribution >= 0.6 is 11.6 Å². The van der Waals surface area contributed by atoms with E-state index in [1.54, 1.807) is 14.2 Å². The molecule has 0 aromatic heterocycles. The van der Waals surface area contributed by atoms with Crippen LogP contribution in [0.1, 0.15) is 36.4 Å². The van der Waals surface area contributed by atoms with Crippen LogP contribution in [0.15, 0.2) is 42.5 Å². The molecular weight excluding hydrogens is 366 g/mol. The summed E-state index contributed by atoms with van der Waals surface area (Å²) in [6, 6.07) is 12.2. The van der Waals surface area contributed by atoms with E-state index >= 15 is 0 Å². The maximum atomic E-state index is 12.0. The van der Waals surface area contributed by atoms with Gasteiger partial charge < -0.3 is 14.6 Å². The summed E-state index contributed by atoms with van der Waals surface area (Å²) in [7, 11) is 3.22. The number of piperidine rings is 1. The van der Waals surface area contributed by atoms with Gasteiger partial charge >= 0.3 is 5.97 Å². The van der Waals surface area contributed by atoms with Gasteiger partial charge in [-0.1, -0.05) is 36.2 Å². The minimum atomic E-state index is -0.811. The van der Waals surface area contributed by atoms with Gasteiger partial charge in [0, 0.05) is 10.6 Å². The van der Waals surface area contributed by atoms with Gasteiger partial charge in [0.1, 0.15) is 17.5 Å². The first-order valence-electron chi connectivity index (χ1n) is 9.01. The summed E-state index contributed by atoms with van der Waals surface area (Å²) in [5, 5.41) is 10.4. The molecule has 1 fully saturated rings. The highest BCUT2D eigenvalue weighted by molar-refractivity contribution is 6.31. The molecule has 3 rings (SSSR count). The van der Waals surface area contributed by atoms with Crippen LogP contribution in [0.4, 0.5) is 0 Å². The number of carbonyl (C=O) groups is 1. The highest BCUT2D eigenvalue weighted by atomic mass is 35.5. The van der Waals surface area contributed by atoms with Crippen LogP contribution in [0.5, 0.6) is 11.5 Å². The van der Waals surface area contributed by atoms with Gasteiger partial charge in [-0.3, -0.25) is 9.69 Å². The van der Waals surface area contributed by atoms with Gasteiger partial charge in [-0.15, -0.1) is 0 Å². The summed E-state index contributed by atoms with van der Waals surface area (Å²) >= 11 is 6.54. The fraction of sp³-hybridized carbons (Fsp3) is 0.381. The van der Waals surface area contributed by atoms with E-state index in [9.17, 15) is 9.90 Å². The third-order valence-corrected chi connectivity index (χ3v) is 5.44. The van der Waals surface area contributed by atoms with E-state index < -0.39 is 12.0 Å². The average Bonchev–Trinajstić information content (AvgIpc) is 2.69. The third-order valence-electron chi connectivity index (χ3n) is 5.09. The lowest BCUT2D eigenvalue weighted by Crippen LogP contribution is -2.47. The van der Waals surface area contributed by atoms with E-state index in [-0.39, 0.29) is 6.04 Å². The molecule has 0 amide bonds. The van der Waals surface area contributed by atoms with Gasteiger partial charge in [0.2, 0.25) is 0 Å². The molecule has 5 nitrogen and oxygen atoms in total. The Hall–Kier alpha value is -2.24. The summed E-state index contributed by atoms with van der Waals surface area (Å²) in [4.78, 5) is 14.0. The van der Waals surface area contributed by atoms with Crippen molar-refractivity contribution < 1.29 is 19.4 Å². The third kappa shape index (κ3) is 4.04. The Bertz CT molecular complexity index is 811. The van der Waals surface area contributed by atoms with E-state index in [1.807, 2.05) is 47.4 Å². The average molecular weight is 390 g/mol. The topological polar surface area (TPSA) is 59.0 Å². The normalized spacial score (nSPS) is 18.7. The van der Waals surface area contributed by atoms with E-state index in [1.165, 1.54) is 0 Å². The molecule has 1 N–H and O–H groups in total. The maximum absolute atomic E-state index is 12.0. The number of rotatable bonds is 6. The Kier molecular flexibility index (Phi) is 6.24. The van der Waals surface area contributed by atoms with Crippen molar-refractivity contribution in [2.75, 3.05) is 20.8 Å². The van der Waals surface area contributed by atoms with Crippen LogP contribution in [-0.2, 0) is 4.79 Å². The lowest BCUT2D eigenvalue weighted by molar-refractivity contribution is -0.145. The zero-order valence-corrected chi connectivity index (χ0v) is 16.3. The number of carboxylic acid groups (broad SMARTS) is 1. The number of methoxy groups -OCH3 is 2. The predicted molar refractivity (Wildman–Crippen MR) is 105 cm³/mol. The second kappa shape index (κ2) is 8.63. The number of likely N-dealkylation sites (tertiary alicyclic amines) is 1. The number of halogens is 1. The molecule has 0 saturated carbocycles. The monoisotopic (exact) mass is 389 g/mol.